The summed E-state index contributed by atoms with van der Waals surface area (Å²) >= 11 is 0. The molecule has 0 aliphatic carbocycles. The number of rotatable bonds is 2. The third kappa shape index (κ3) is 5.16. The lowest BCUT2D eigenvalue weighted by Gasteiger charge is -2.34. The normalized spacial score (nSPS) is 30.2. The van der Waals surface area contributed by atoms with Gasteiger partial charge in [-0.3, -0.25) is 0 Å². The predicted molar refractivity (Wildman–Crippen MR) is 71.0 cm³/mol. The van der Waals surface area contributed by atoms with Crippen LogP contribution in [0.15, 0.2) is 30.3 Å². The summed E-state index contributed by atoms with van der Waals surface area (Å²) in [5.74, 6) is 0.910. The maximum absolute atomic E-state index is 9.21. The number of ether oxygens (including phenoxy) is 2. The molecular formula is C14H22O5. The van der Waals surface area contributed by atoms with E-state index in [1.54, 1.807) is 14.0 Å². The zero-order chi connectivity index (χ0) is 14.3. The highest BCUT2D eigenvalue weighted by Crippen LogP contribution is 2.19. The van der Waals surface area contributed by atoms with Crippen LogP contribution in [-0.2, 0) is 4.74 Å². The third-order valence-electron chi connectivity index (χ3n) is 2.97. The minimum atomic E-state index is -0.821. The van der Waals surface area contributed by atoms with Crippen LogP contribution in [0.4, 0.5) is 0 Å². The first-order valence-corrected chi connectivity index (χ1v) is 6.30. The van der Waals surface area contributed by atoms with Gasteiger partial charge in [0.05, 0.1) is 32.0 Å². The molecule has 3 unspecified atom stereocenters. The van der Waals surface area contributed by atoms with Crippen molar-refractivity contribution in [2.45, 2.75) is 37.8 Å². The zero-order valence-corrected chi connectivity index (χ0v) is 11.3. The highest BCUT2D eigenvalue weighted by atomic mass is 16.5. The van der Waals surface area contributed by atoms with Crippen molar-refractivity contribution >= 4 is 0 Å². The molecule has 0 bridgehead atoms. The van der Waals surface area contributed by atoms with Gasteiger partial charge in [-0.1, -0.05) is 18.2 Å². The molecule has 1 aromatic rings. The molecule has 1 fully saturated rings. The number of hydrogen-bond donors (Lipinski definition) is 3. The van der Waals surface area contributed by atoms with Gasteiger partial charge in [-0.15, -0.1) is 0 Å². The maximum atomic E-state index is 9.21. The fourth-order valence-corrected chi connectivity index (χ4v) is 1.84. The number of para-hydroxylation sites is 1. The van der Waals surface area contributed by atoms with E-state index in [1.807, 2.05) is 30.3 Å². The standard InChI is InChI=1S/C7H14O4.C7H8O/c1-4-7(10)6(9)2-5(3-8)11-4;1-8-7-5-3-2-4-6-7/h4-10H,2-3H2,1H3;2-6H,1H3/t4-,5?,6?,7?;/m1./s1. The van der Waals surface area contributed by atoms with Crippen LogP contribution in [0.3, 0.4) is 0 Å². The van der Waals surface area contributed by atoms with Gasteiger partial charge in [-0.25, -0.2) is 0 Å². The third-order valence-corrected chi connectivity index (χ3v) is 2.97. The quantitative estimate of drug-likeness (QED) is 0.732. The molecule has 108 valence electrons. The molecule has 3 N–H and O–H groups in total. The Balaban J connectivity index is 0.000000200. The fourth-order valence-electron chi connectivity index (χ4n) is 1.84. The zero-order valence-electron chi connectivity index (χ0n) is 11.3. The van der Waals surface area contributed by atoms with E-state index in [-0.39, 0.29) is 12.7 Å². The van der Waals surface area contributed by atoms with Crippen molar-refractivity contribution in [2.75, 3.05) is 13.7 Å². The summed E-state index contributed by atoms with van der Waals surface area (Å²) in [4.78, 5) is 0. The Labute approximate surface area is 113 Å². The number of methoxy groups -OCH3 is 1. The van der Waals surface area contributed by atoms with Gasteiger partial charge in [0.2, 0.25) is 0 Å². The van der Waals surface area contributed by atoms with Crippen LogP contribution in [0.1, 0.15) is 13.3 Å². The molecule has 0 spiro atoms. The molecule has 1 heterocycles. The van der Waals surface area contributed by atoms with E-state index in [2.05, 4.69) is 0 Å². The van der Waals surface area contributed by atoms with Crippen LogP contribution in [0.2, 0.25) is 0 Å². The summed E-state index contributed by atoms with van der Waals surface area (Å²) in [6.07, 6.45) is -2.00. The van der Waals surface area contributed by atoms with Crippen LogP contribution in [0, 0.1) is 0 Å². The van der Waals surface area contributed by atoms with Crippen molar-refractivity contribution < 1.29 is 24.8 Å². The van der Waals surface area contributed by atoms with Crippen LogP contribution < -0.4 is 4.74 Å². The lowest BCUT2D eigenvalue weighted by Crippen LogP contribution is -2.47. The van der Waals surface area contributed by atoms with Crippen molar-refractivity contribution in [1.82, 2.24) is 0 Å². The molecule has 0 radical (unpaired) electrons. The molecule has 0 aromatic heterocycles. The first-order valence-electron chi connectivity index (χ1n) is 6.30. The molecule has 1 aliphatic rings. The molecule has 1 aromatic carbocycles. The first kappa shape index (κ1) is 15.9. The highest BCUT2D eigenvalue weighted by Gasteiger charge is 2.33. The number of aliphatic hydroxyl groups is 3. The Kier molecular flexibility index (Phi) is 6.80. The Morgan fingerprint density at radius 3 is 2.32 bits per heavy atom. The second-order valence-corrected chi connectivity index (χ2v) is 4.46. The Hall–Kier alpha value is -1.14. The summed E-state index contributed by atoms with van der Waals surface area (Å²) in [5.41, 5.74) is 0. The molecule has 19 heavy (non-hydrogen) atoms. The molecule has 5 heteroatoms. The van der Waals surface area contributed by atoms with E-state index >= 15 is 0 Å². The molecule has 4 atom stereocenters. The number of aliphatic hydroxyl groups excluding tert-OH is 3. The van der Waals surface area contributed by atoms with E-state index in [1.165, 1.54) is 0 Å². The van der Waals surface area contributed by atoms with Gasteiger partial charge in [0.1, 0.15) is 11.9 Å². The van der Waals surface area contributed by atoms with Crippen LogP contribution in [0.5, 0.6) is 5.75 Å². The summed E-state index contributed by atoms with van der Waals surface area (Å²) in [7, 11) is 1.66. The second-order valence-electron chi connectivity index (χ2n) is 4.46. The van der Waals surface area contributed by atoms with Crippen LogP contribution in [0.25, 0.3) is 0 Å². The summed E-state index contributed by atoms with van der Waals surface area (Å²) in [6.45, 7) is 1.57. The first-order chi connectivity index (χ1) is 9.08. The van der Waals surface area contributed by atoms with E-state index in [4.69, 9.17) is 14.6 Å². The van der Waals surface area contributed by atoms with Gasteiger partial charge in [0.15, 0.2) is 0 Å². The van der Waals surface area contributed by atoms with E-state index in [0.717, 1.165) is 5.75 Å². The van der Waals surface area contributed by atoms with E-state index in [0.29, 0.717) is 6.42 Å². The fraction of sp³-hybridized carbons (Fsp3) is 0.571. The average molecular weight is 270 g/mol. The van der Waals surface area contributed by atoms with Gasteiger partial charge < -0.3 is 24.8 Å². The molecule has 1 aliphatic heterocycles. The summed E-state index contributed by atoms with van der Waals surface area (Å²) in [5, 5.41) is 27.1. The van der Waals surface area contributed by atoms with Crippen molar-refractivity contribution in [3.8, 4) is 5.75 Å². The van der Waals surface area contributed by atoms with Crippen molar-refractivity contribution in [1.29, 1.82) is 0 Å². The van der Waals surface area contributed by atoms with Gasteiger partial charge in [-0.05, 0) is 19.1 Å². The summed E-state index contributed by atoms with van der Waals surface area (Å²) in [6, 6.07) is 9.68. The molecule has 2 rings (SSSR count). The van der Waals surface area contributed by atoms with Gasteiger partial charge in [0.25, 0.3) is 0 Å². The SMILES string of the molecule is COc1ccccc1.C[C@H]1OC(CO)CC(O)C1O. The number of benzene rings is 1. The minimum absolute atomic E-state index is 0.103. The highest BCUT2D eigenvalue weighted by molar-refractivity contribution is 5.20. The molecule has 1 saturated heterocycles. The molecule has 0 saturated carbocycles. The maximum Gasteiger partial charge on any atom is 0.118 e. The monoisotopic (exact) mass is 270 g/mol. The summed E-state index contributed by atoms with van der Waals surface area (Å²) < 4.78 is 10.1. The molecule has 5 nitrogen and oxygen atoms in total. The largest absolute Gasteiger partial charge is 0.497 e. The number of hydrogen-bond acceptors (Lipinski definition) is 5. The van der Waals surface area contributed by atoms with Gasteiger partial charge >= 0.3 is 0 Å². The van der Waals surface area contributed by atoms with Crippen LogP contribution in [-0.4, -0.2) is 53.5 Å². The van der Waals surface area contributed by atoms with Crippen molar-refractivity contribution in [3.05, 3.63) is 30.3 Å². The average Bonchev–Trinajstić information content (AvgIpc) is 2.45. The van der Waals surface area contributed by atoms with Crippen molar-refractivity contribution in [3.63, 3.8) is 0 Å². The van der Waals surface area contributed by atoms with Crippen LogP contribution >= 0.6 is 0 Å². The van der Waals surface area contributed by atoms with E-state index in [9.17, 15) is 10.2 Å². The predicted octanol–water partition coefficient (Wildman–Crippen LogP) is 0.573. The lowest BCUT2D eigenvalue weighted by atomic mass is 9.99. The second kappa shape index (κ2) is 8.12. The van der Waals surface area contributed by atoms with Gasteiger partial charge in [-0.2, -0.15) is 0 Å². The lowest BCUT2D eigenvalue weighted by molar-refractivity contribution is -0.170. The van der Waals surface area contributed by atoms with Crippen molar-refractivity contribution in [2.24, 2.45) is 0 Å². The Bertz CT molecular complexity index is 331. The Morgan fingerprint density at radius 1 is 1.26 bits per heavy atom. The minimum Gasteiger partial charge on any atom is -0.497 e. The topological polar surface area (TPSA) is 79.2 Å². The smallest absolute Gasteiger partial charge is 0.118 e. The Morgan fingerprint density at radius 2 is 1.89 bits per heavy atom. The molecular weight excluding hydrogens is 248 g/mol. The molecule has 0 amide bonds. The van der Waals surface area contributed by atoms with Gasteiger partial charge in [0, 0.05) is 6.42 Å². The van der Waals surface area contributed by atoms with E-state index < -0.39 is 18.3 Å².